The summed E-state index contributed by atoms with van der Waals surface area (Å²) in [4.78, 5) is 25.5. The molecule has 0 unspecified atom stereocenters. The average Bonchev–Trinajstić information content (AvgIpc) is 2.85. The summed E-state index contributed by atoms with van der Waals surface area (Å²) in [6.45, 7) is 4.53. The zero-order valence-electron chi connectivity index (χ0n) is 20.8. The molecule has 3 rings (SSSR count). The van der Waals surface area contributed by atoms with Crippen molar-refractivity contribution in [1.82, 2.24) is 5.32 Å². The van der Waals surface area contributed by atoms with Gasteiger partial charge in [-0.25, -0.2) is 4.79 Å². The lowest BCUT2D eigenvalue weighted by Crippen LogP contribution is -2.27. The molecule has 37 heavy (non-hydrogen) atoms. The van der Waals surface area contributed by atoms with Gasteiger partial charge in [-0.1, -0.05) is 62.4 Å². The van der Waals surface area contributed by atoms with Gasteiger partial charge in [-0.05, 0) is 35.2 Å². The molecule has 9 nitrogen and oxygen atoms in total. The second kappa shape index (κ2) is 11.7. The van der Waals surface area contributed by atoms with Gasteiger partial charge in [0, 0.05) is 23.2 Å². The molecule has 10 heteroatoms. The molecule has 3 aromatic carbocycles. The Labute approximate surface area is 216 Å². The van der Waals surface area contributed by atoms with E-state index < -0.39 is 22.0 Å². The number of nitrogens with two attached hydrogens (primary N) is 1. The Morgan fingerprint density at radius 1 is 0.973 bits per heavy atom. The van der Waals surface area contributed by atoms with Crippen LogP contribution in [0.3, 0.4) is 0 Å². The fraction of sp³-hybridized carbons (Fsp3) is 0.222. The number of rotatable bonds is 10. The van der Waals surface area contributed by atoms with Crippen molar-refractivity contribution in [3.63, 3.8) is 0 Å². The molecule has 0 saturated carbocycles. The minimum atomic E-state index is -4.10. The Morgan fingerprint density at radius 3 is 2.24 bits per heavy atom. The van der Waals surface area contributed by atoms with Gasteiger partial charge in [0.05, 0.1) is 11.8 Å². The Morgan fingerprint density at radius 2 is 1.62 bits per heavy atom. The highest BCUT2D eigenvalue weighted by molar-refractivity contribution is 7.86. The first kappa shape index (κ1) is 27.4. The predicted molar refractivity (Wildman–Crippen MR) is 141 cm³/mol. The molecule has 1 amide bonds. The summed E-state index contributed by atoms with van der Waals surface area (Å²) >= 11 is 0. The Kier molecular flexibility index (Phi) is 8.67. The van der Waals surface area contributed by atoms with Crippen molar-refractivity contribution in [2.24, 2.45) is 11.7 Å². The molecular formula is C27H29N3O6S. The first-order valence-electron chi connectivity index (χ1n) is 11.5. The van der Waals surface area contributed by atoms with Gasteiger partial charge in [0.25, 0.3) is 5.91 Å². The fourth-order valence-electron chi connectivity index (χ4n) is 3.43. The first-order valence-corrected chi connectivity index (χ1v) is 13.3. The van der Waals surface area contributed by atoms with Crippen LogP contribution >= 0.6 is 0 Å². The number of amidine groups is 1. The van der Waals surface area contributed by atoms with Crippen LogP contribution in [0.25, 0.3) is 11.1 Å². The third-order valence-corrected chi connectivity index (χ3v) is 5.69. The highest BCUT2D eigenvalue weighted by Gasteiger charge is 2.22. The van der Waals surface area contributed by atoms with Crippen molar-refractivity contribution in [2.45, 2.75) is 20.5 Å². The van der Waals surface area contributed by atoms with Gasteiger partial charge in [-0.3, -0.25) is 10.2 Å². The summed E-state index contributed by atoms with van der Waals surface area (Å²) in [7, 11) is -4.10. The lowest BCUT2D eigenvalue weighted by molar-refractivity contribution is 0.0749. The van der Waals surface area contributed by atoms with Gasteiger partial charge in [0.1, 0.15) is 18.2 Å². The molecule has 0 aliphatic rings. The van der Waals surface area contributed by atoms with Crippen molar-refractivity contribution < 1.29 is 26.9 Å². The number of carbonyl (C=O) groups is 2. The second-order valence-corrected chi connectivity index (χ2v) is 10.4. The van der Waals surface area contributed by atoms with E-state index in [1.807, 2.05) is 13.8 Å². The van der Waals surface area contributed by atoms with E-state index in [4.69, 9.17) is 15.9 Å². The van der Waals surface area contributed by atoms with Crippen LogP contribution in [-0.4, -0.2) is 38.9 Å². The standard InChI is InChI=1S/C27H29N3O6S/c1-17(2)15-30-26(31)20-12-13-21(23(14-20)27(32)36-37(3,33)34)22-6-4-5-7-24(22)35-16-18-8-10-19(11-9-18)25(28)29/h4-14,17H,15-16H2,1-3H3,(H3,28,29)(H,30,31). The van der Waals surface area contributed by atoms with E-state index in [1.165, 1.54) is 6.07 Å². The van der Waals surface area contributed by atoms with Crippen LogP contribution in [0.15, 0.2) is 66.7 Å². The molecule has 4 N–H and O–H groups in total. The lowest BCUT2D eigenvalue weighted by Gasteiger charge is -2.16. The van der Waals surface area contributed by atoms with Crippen molar-refractivity contribution in [3.05, 3.63) is 89.0 Å². The highest BCUT2D eigenvalue weighted by atomic mass is 32.2. The van der Waals surface area contributed by atoms with Crippen molar-refractivity contribution >= 4 is 27.8 Å². The summed E-state index contributed by atoms with van der Waals surface area (Å²) in [5.41, 5.74) is 7.87. The van der Waals surface area contributed by atoms with E-state index >= 15 is 0 Å². The number of carbonyl (C=O) groups excluding carboxylic acids is 2. The minimum Gasteiger partial charge on any atom is -0.488 e. The predicted octanol–water partition coefficient (Wildman–Crippen LogP) is 3.72. The number of amides is 1. The quantitative estimate of drug-likeness (QED) is 0.208. The number of para-hydroxylation sites is 1. The molecule has 0 aliphatic carbocycles. The molecule has 3 aromatic rings. The van der Waals surface area contributed by atoms with E-state index in [1.54, 1.807) is 60.7 Å². The molecule has 0 saturated heterocycles. The summed E-state index contributed by atoms with van der Waals surface area (Å²) in [5, 5.41) is 10.3. The second-order valence-electron chi connectivity index (χ2n) is 8.83. The van der Waals surface area contributed by atoms with Gasteiger partial charge >= 0.3 is 16.1 Å². The zero-order chi connectivity index (χ0) is 27.2. The number of hydrogen-bond acceptors (Lipinski definition) is 7. The van der Waals surface area contributed by atoms with Crippen molar-refractivity contribution in [3.8, 4) is 16.9 Å². The highest BCUT2D eigenvalue weighted by Crippen LogP contribution is 2.34. The van der Waals surface area contributed by atoms with Gasteiger partial charge in [0.2, 0.25) is 0 Å². The first-order chi connectivity index (χ1) is 17.4. The summed E-state index contributed by atoms with van der Waals surface area (Å²) in [5.74, 6) is -0.880. The maximum atomic E-state index is 12.9. The molecular weight excluding hydrogens is 494 g/mol. The van der Waals surface area contributed by atoms with E-state index in [-0.39, 0.29) is 29.5 Å². The number of benzene rings is 3. The lowest BCUT2D eigenvalue weighted by atomic mass is 9.96. The maximum Gasteiger partial charge on any atom is 0.354 e. The van der Waals surface area contributed by atoms with Gasteiger partial charge < -0.3 is 20.0 Å². The third kappa shape index (κ3) is 7.65. The molecule has 0 atom stereocenters. The Balaban J connectivity index is 1.98. The van der Waals surface area contributed by atoms with E-state index in [9.17, 15) is 18.0 Å². The van der Waals surface area contributed by atoms with E-state index in [0.29, 0.717) is 29.0 Å². The number of hydrogen-bond donors (Lipinski definition) is 3. The molecule has 194 valence electrons. The van der Waals surface area contributed by atoms with Crippen LogP contribution in [-0.2, 0) is 20.9 Å². The normalized spacial score (nSPS) is 11.1. The Bertz CT molecular complexity index is 1420. The van der Waals surface area contributed by atoms with Crippen molar-refractivity contribution in [2.75, 3.05) is 12.8 Å². The van der Waals surface area contributed by atoms with Crippen molar-refractivity contribution in [1.29, 1.82) is 5.41 Å². The number of ether oxygens (including phenoxy) is 1. The summed E-state index contributed by atoms with van der Waals surface area (Å²) in [6.07, 6.45) is 0.776. The molecule has 0 spiro atoms. The third-order valence-electron chi connectivity index (χ3n) is 5.24. The summed E-state index contributed by atoms with van der Waals surface area (Å²) in [6, 6.07) is 18.4. The Hall–Kier alpha value is -4.18. The molecule has 0 heterocycles. The van der Waals surface area contributed by atoms with Gasteiger partial charge in [0.15, 0.2) is 0 Å². The van der Waals surface area contributed by atoms with Gasteiger partial charge in [-0.15, -0.1) is 0 Å². The van der Waals surface area contributed by atoms with Crippen LogP contribution in [0.5, 0.6) is 5.75 Å². The largest absolute Gasteiger partial charge is 0.488 e. The molecule has 0 aromatic heterocycles. The molecule has 0 fully saturated rings. The zero-order valence-corrected chi connectivity index (χ0v) is 21.6. The molecule has 0 bridgehead atoms. The monoisotopic (exact) mass is 523 g/mol. The maximum absolute atomic E-state index is 12.9. The van der Waals surface area contributed by atoms with E-state index in [2.05, 4.69) is 9.50 Å². The number of nitrogens with one attached hydrogen (secondary N) is 2. The number of nitrogen functional groups attached to an aromatic ring is 1. The summed E-state index contributed by atoms with van der Waals surface area (Å²) < 4.78 is 34.0. The van der Waals surface area contributed by atoms with Crippen LogP contribution < -0.4 is 15.8 Å². The average molecular weight is 524 g/mol. The SMILES string of the molecule is CC(C)CNC(=O)c1ccc(-c2ccccc2OCc2ccc(C(=N)N)cc2)c(C(=O)OS(C)(=O)=O)c1. The van der Waals surface area contributed by atoms with Crippen LogP contribution in [0.1, 0.15) is 45.7 Å². The fourth-order valence-corrected chi connectivity index (χ4v) is 3.79. The van der Waals surface area contributed by atoms with Crippen LogP contribution in [0, 0.1) is 11.3 Å². The van der Waals surface area contributed by atoms with E-state index in [0.717, 1.165) is 11.8 Å². The van der Waals surface area contributed by atoms with Gasteiger partial charge in [-0.2, -0.15) is 8.42 Å². The smallest absolute Gasteiger partial charge is 0.354 e. The van der Waals surface area contributed by atoms with Crippen LogP contribution in [0.4, 0.5) is 0 Å². The minimum absolute atomic E-state index is 0.0346. The topological polar surface area (TPSA) is 149 Å². The van der Waals surface area contributed by atoms with Crippen LogP contribution in [0.2, 0.25) is 0 Å². The molecule has 0 radical (unpaired) electrons. The molecule has 0 aliphatic heterocycles.